The second kappa shape index (κ2) is 6.33. The van der Waals surface area contributed by atoms with Gasteiger partial charge in [0.15, 0.2) is 9.84 Å². The molecular weight excluding hydrogens is 318 g/mol. The van der Waals surface area contributed by atoms with Crippen molar-refractivity contribution in [1.29, 1.82) is 0 Å². The first-order valence-electron chi connectivity index (χ1n) is 5.49. The number of carbonyl (C=O) groups is 1. The van der Waals surface area contributed by atoms with Gasteiger partial charge in [0, 0.05) is 23.7 Å². The normalized spacial score (nSPS) is 13.1. The van der Waals surface area contributed by atoms with E-state index >= 15 is 0 Å². The zero-order valence-electron chi connectivity index (χ0n) is 10.3. The zero-order chi connectivity index (χ0) is 13.8. The molecule has 4 nitrogen and oxygen atoms in total. The summed E-state index contributed by atoms with van der Waals surface area (Å²) in [6, 6.07) is 6.04. The number of nitrogens with one attached hydrogen (secondary N) is 1. The molecule has 1 aromatic carbocycles. The van der Waals surface area contributed by atoms with E-state index in [1.165, 1.54) is 12.1 Å². The van der Waals surface area contributed by atoms with E-state index in [0.29, 0.717) is 18.0 Å². The van der Waals surface area contributed by atoms with Crippen molar-refractivity contribution in [3.8, 4) is 0 Å². The maximum absolute atomic E-state index is 11.8. The lowest BCUT2D eigenvalue weighted by Gasteiger charge is -2.10. The Hall–Kier alpha value is -0.880. The van der Waals surface area contributed by atoms with Crippen LogP contribution in [0.1, 0.15) is 17.3 Å². The van der Waals surface area contributed by atoms with Crippen LogP contribution in [0.15, 0.2) is 29.2 Å². The van der Waals surface area contributed by atoms with Gasteiger partial charge in [-0.1, -0.05) is 28.9 Å². The number of halogens is 1. The van der Waals surface area contributed by atoms with E-state index in [9.17, 15) is 13.2 Å². The summed E-state index contributed by atoms with van der Waals surface area (Å²) in [5.41, 5.74) is 0.361. The van der Waals surface area contributed by atoms with Gasteiger partial charge in [-0.15, -0.1) is 0 Å². The summed E-state index contributed by atoms with van der Waals surface area (Å²) in [5, 5.41) is 3.57. The third-order valence-electron chi connectivity index (χ3n) is 2.40. The number of hydrogen-bond acceptors (Lipinski definition) is 3. The van der Waals surface area contributed by atoms with Crippen LogP contribution in [-0.4, -0.2) is 32.5 Å². The van der Waals surface area contributed by atoms with Crippen molar-refractivity contribution in [1.82, 2.24) is 5.32 Å². The Balaban J connectivity index is 2.81. The first-order valence-corrected chi connectivity index (χ1v) is 8.50. The van der Waals surface area contributed by atoms with E-state index in [1.807, 2.05) is 6.92 Å². The molecule has 18 heavy (non-hydrogen) atoms. The van der Waals surface area contributed by atoms with Gasteiger partial charge in [0.1, 0.15) is 0 Å². The fourth-order valence-electron chi connectivity index (χ4n) is 1.29. The predicted octanol–water partition coefficient (Wildman–Crippen LogP) is 1.85. The minimum Gasteiger partial charge on any atom is -0.352 e. The Morgan fingerprint density at radius 2 is 2.11 bits per heavy atom. The van der Waals surface area contributed by atoms with E-state index in [4.69, 9.17) is 0 Å². The number of rotatable bonds is 5. The Morgan fingerprint density at radius 1 is 1.44 bits per heavy atom. The van der Waals surface area contributed by atoms with Gasteiger partial charge >= 0.3 is 0 Å². The van der Waals surface area contributed by atoms with Crippen LogP contribution in [0.25, 0.3) is 0 Å². The highest BCUT2D eigenvalue weighted by atomic mass is 79.9. The Labute approximate surface area is 116 Å². The molecule has 0 aliphatic carbocycles. The number of alkyl halides is 1. The van der Waals surface area contributed by atoms with E-state index in [1.54, 1.807) is 12.1 Å². The molecule has 0 saturated heterocycles. The van der Waals surface area contributed by atoms with Crippen LogP contribution in [0.2, 0.25) is 0 Å². The minimum atomic E-state index is -3.28. The van der Waals surface area contributed by atoms with Crippen molar-refractivity contribution < 1.29 is 13.2 Å². The minimum absolute atomic E-state index is 0.156. The predicted molar refractivity (Wildman–Crippen MR) is 74.8 cm³/mol. The maximum atomic E-state index is 11.8. The fraction of sp³-hybridized carbons (Fsp3) is 0.417. The lowest BCUT2D eigenvalue weighted by molar-refractivity contribution is 0.0949. The average Bonchev–Trinajstić information content (AvgIpc) is 2.34. The molecule has 0 fully saturated rings. The number of sulfone groups is 1. The summed E-state index contributed by atoms with van der Waals surface area (Å²) < 4.78 is 22.8. The quantitative estimate of drug-likeness (QED) is 0.836. The van der Waals surface area contributed by atoms with Crippen molar-refractivity contribution in [3.05, 3.63) is 29.8 Å². The molecule has 1 atom stereocenters. The number of amides is 1. The molecule has 0 aliphatic rings. The summed E-state index contributed by atoms with van der Waals surface area (Å²) in [4.78, 5) is 12.0. The summed E-state index contributed by atoms with van der Waals surface area (Å²) in [5.74, 6) is 0.0698. The Morgan fingerprint density at radius 3 is 2.67 bits per heavy atom. The summed E-state index contributed by atoms with van der Waals surface area (Å²) >= 11 is 3.33. The van der Waals surface area contributed by atoms with Crippen molar-refractivity contribution in [3.63, 3.8) is 0 Å². The van der Waals surface area contributed by atoms with Gasteiger partial charge < -0.3 is 5.32 Å². The van der Waals surface area contributed by atoms with Gasteiger partial charge in [-0.25, -0.2) is 8.42 Å². The molecule has 6 heteroatoms. The highest BCUT2D eigenvalue weighted by molar-refractivity contribution is 9.09. The highest BCUT2D eigenvalue weighted by Gasteiger charge is 2.12. The molecule has 0 aromatic heterocycles. The van der Waals surface area contributed by atoms with Crippen LogP contribution in [0, 0.1) is 5.92 Å². The molecular formula is C12H16BrNO3S. The molecule has 100 valence electrons. The molecule has 1 rings (SSSR count). The summed E-state index contributed by atoms with van der Waals surface area (Å²) in [6.07, 6.45) is 1.12. The molecule has 1 N–H and O–H groups in total. The van der Waals surface area contributed by atoms with Crippen LogP contribution in [0.4, 0.5) is 0 Å². The van der Waals surface area contributed by atoms with Crippen LogP contribution in [0.3, 0.4) is 0 Å². The van der Waals surface area contributed by atoms with Crippen LogP contribution >= 0.6 is 15.9 Å². The maximum Gasteiger partial charge on any atom is 0.251 e. The monoisotopic (exact) mass is 333 g/mol. The van der Waals surface area contributed by atoms with Crippen molar-refractivity contribution in [2.45, 2.75) is 11.8 Å². The molecule has 0 bridgehead atoms. The number of hydrogen-bond donors (Lipinski definition) is 1. The van der Waals surface area contributed by atoms with Gasteiger partial charge in [-0.05, 0) is 24.1 Å². The molecule has 0 aliphatic heterocycles. The topological polar surface area (TPSA) is 63.2 Å². The lowest BCUT2D eigenvalue weighted by atomic mass is 10.2. The van der Waals surface area contributed by atoms with Crippen LogP contribution in [-0.2, 0) is 9.84 Å². The molecule has 0 heterocycles. The molecule has 0 spiro atoms. The van der Waals surface area contributed by atoms with E-state index < -0.39 is 9.84 Å². The van der Waals surface area contributed by atoms with E-state index in [-0.39, 0.29) is 10.8 Å². The van der Waals surface area contributed by atoms with Gasteiger partial charge in [-0.2, -0.15) is 0 Å². The third-order valence-corrected chi connectivity index (χ3v) is 4.61. The van der Waals surface area contributed by atoms with E-state index in [2.05, 4.69) is 21.2 Å². The smallest absolute Gasteiger partial charge is 0.251 e. The van der Waals surface area contributed by atoms with Gasteiger partial charge in [0.25, 0.3) is 5.91 Å². The number of carbonyl (C=O) groups excluding carboxylic acids is 1. The standard InChI is InChI=1S/C12H16BrNO3S/c1-9(7-13)8-14-12(15)10-4-3-5-11(6-10)18(2,16)17/h3-6,9H,7-8H2,1-2H3,(H,14,15). The average molecular weight is 334 g/mol. The lowest BCUT2D eigenvalue weighted by Crippen LogP contribution is -2.28. The Bertz CT molecular complexity index is 528. The first kappa shape index (κ1) is 15.2. The molecule has 1 amide bonds. The molecule has 1 aromatic rings. The van der Waals surface area contributed by atoms with Crippen molar-refractivity contribution in [2.75, 3.05) is 18.1 Å². The summed E-state index contributed by atoms with van der Waals surface area (Å²) in [6.45, 7) is 2.55. The second-order valence-corrected chi connectivity index (χ2v) is 6.93. The molecule has 0 saturated carbocycles. The van der Waals surface area contributed by atoms with Crippen LogP contribution in [0.5, 0.6) is 0 Å². The Kier molecular flexibility index (Phi) is 5.34. The second-order valence-electron chi connectivity index (χ2n) is 4.27. The van der Waals surface area contributed by atoms with Gasteiger partial charge in [0.05, 0.1) is 4.90 Å². The van der Waals surface area contributed by atoms with Crippen molar-refractivity contribution in [2.24, 2.45) is 5.92 Å². The first-order chi connectivity index (χ1) is 8.34. The third kappa shape index (κ3) is 4.42. The fourth-order valence-corrected chi connectivity index (χ4v) is 2.19. The van der Waals surface area contributed by atoms with Crippen molar-refractivity contribution >= 4 is 31.7 Å². The van der Waals surface area contributed by atoms with Crippen LogP contribution < -0.4 is 5.32 Å². The number of benzene rings is 1. The molecule has 0 radical (unpaired) electrons. The SMILES string of the molecule is CC(CBr)CNC(=O)c1cccc(S(C)(=O)=O)c1. The van der Waals surface area contributed by atoms with Gasteiger partial charge in [0.2, 0.25) is 0 Å². The summed E-state index contributed by atoms with van der Waals surface area (Å²) in [7, 11) is -3.28. The largest absolute Gasteiger partial charge is 0.352 e. The highest BCUT2D eigenvalue weighted by Crippen LogP contribution is 2.11. The molecule has 1 unspecified atom stereocenters. The zero-order valence-corrected chi connectivity index (χ0v) is 12.7. The van der Waals surface area contributed by atoms with Gasteiger partial charge in [-0.3, -0.25) is 4.79 Å². The van der Waals surface area contributed by atoms with E-state index in [0.717, 1.165) is 11.6 Å².